The highest BCUT2D eigenvalue weighted by Crippen LogP contribution is 2.43. The van der Waals surface area contributed by atoms with Crippen molar-refractivity contribution in [3.63, 3.8) is 0 Å². The van der Waals surface area contributed by atoms with Gasteiger partial charge in [-0.15, -0.1) is 0 Å². The summed E-state index contributed by atoms with van der Waals surface area (Å²) >= 11 is 0. The zero-order chi connectivity index (χ0) is 22.7. The van der Waals surface area contributed by atoms with Crippen LogP contribution < -0.4 is 9.47 Å². The Balaban J connectivity index is 1.81. The predicted octanol–water partition coefficient (Wildman–Crippen LogP) is 3.65. The number of amides is 1. The molecule has 8 nitrogen and oxygen atoms in total. The Morgan fingerprint density at radius 1 is 1.06 bits per heavy atom. The second-order valence-electron chi connectivity index (χ2n) is 7.36. The molecule has 1 unspecified atom stereocenters. The van der Waals surface area contributed by atoms with Crippen LogP contribution in [0.3, 0.4) is 0 Å². The molecule has 3 aromatic rings. The van der Waals surface area contributed by atoms with Gasteiger partial charge in [-0.2, -0.15) is 5.10 Å². The minimum atomic E-state index is -0.557. The summed E-state index contributed by atoms with van der Waals surface area (Å²) in [5.41, 5.74) is 3.81. The number of fused-ring (bicyclic) bond motifs is 1. The van der Waals surface area contributed by atoms with E-state index in [1.165, 1.54) is 0 Å². The van der Waals surface area contributed by atoms with Crippen LogP contribution in [-0.4, -0.2) is 61.8 Å². The fourth-order valence-electron chi connectivity index (χ4n) is 4.04. The zero-order valence-corrected chi connectivity index (χ0v) is 18.6. The summed E-state index contributed by atoms with van der Waals surface area (Å²) in [7, 11) is 4.74. The summed E-state index contributed by atoms with van der Waals surface area (Å²) in [5.74, 6) is 1.34. The quantitative estimate of drug-likeness (QED) is 0.515. The third kappa shape index (κ3) is 3.94. The standard InChI is InChI=1S/C24H27N3O5/c1-5-32-17-11-9-15(10-12-17)21-20-22(26-25-21)24(28)27(14-19(30-3)31-4)23(20)16-7-6-8-18(13-16)29-2/h6-13,19,23H,5,14H2,1-4H3,(H,25,26). The van der Waals surface area contributed by atoms with Crippen LogP contribution in [0.5, 0.6) is 11.5 Å². The number of aromatic amines is 1. The summed E-state index contributed by atoms with van der Waals surface area (Å²) in [4.78, 5) is 15.1. The molecule has 8 heteroatoms. The molecule has 1 aliphatic heterocycles. The minimum Gasteiger partial charge on any atom is -0.497 e. The Hall–Kier alpha value is -3.36. The number of aromatic nitrogens is 2. The maximum atomic E-state index is 13.4. The number of benzene rings is 2. The van der Waals surface area contributed by atoms with Crippen molar-refractivity contribution in [3.8, 4) is 22.8 Å². The van der Waals surface area contributed by atoms with E-state index in [2.05, 4.69) is 10.2 Å². The van der Waals surface area contributed by atoms with Gasteiger partial charge in [0.15, 0.2) is 6.29 Å². The number of rotatable bonds is 9. The summed E-state index contributed by atoms with van der Waals surface area (Å²) in [6.45, 7) is 2.80. The molecule has 0 saturated heterocycles. The first-order chi connectivity index (χ1) is 15.6. The number of carbonyl (C=O) groups is 1. The van der Waals surface area contributed by atoms with Gasteiger partial charge >= 0.3 is 0 Å². The Labute approximate surface area is 187 Å². The van der Waals surface area contributed by atoms with E-state index in [1.54, 1.807) is 26.2 Å². The number of methoxy groups -OCH3 is 3. The van der Waals surface area contributed by atoms with Crippen LogP contribution in [0, 0.1) is 0 Å². The molecular formula is C24H27N3O5. The Bertz CT molecular complexity index is 1080. The molecule has 4 rings (SSSR count). The molecule has 168 valence electrons. The lowest BCUT2D eigenvalue weighted by Crippen LogP contribution is -2.38. The highest BCUT2D eigenvalue weighted by atomic mass is 16.7. The van der Waals surface area contributed by atoms with E-state index in [-0.39, 0.29) is 18.5 Å². The van der Waals surface area contributed by atoms with E-state index >= 15 is 0 Å². The van der Waals surface area contributed by atoms with Gasteiger partial charge in [-0.05, 0) is 48.9 Å². The van der Waals surface area contributed by atoms with Crippen LogP contribution in [0.25, 0.3) is 11.3 Å². The SMILES string of the molecule is CCOc1ccc(-c2n[nH]c3c2C(c2cccc(OC)c2)N(CC(OC)OC)C3=O)cc1. The molecule has 0 bridgehead atoms. The summed E-state index contributed by atoms with van der Waals surface area (Å²) in [6.07, 6.45) is -0.557. The number of hydrogen-bond acceptors (Lipinski definition) is 6. The van der Waals surface area contributed by atoms with Gasteiger partial charge in [0.05, 0.1) is 32.0 Å². The third-order valence-electron chi connectivity index (χ3n) is 5.58. The van der Waals surface area contributed by atoms with Crippen LogP contribution in [-0.2, 0) is 9.47 Å². The van der Waals surface area contributed by atoms with Crippen LogP contribution in [0.15, 0.2) is 48.5 Å². The first-order valence-electron chi connectivity index (χ1n) is 10.4. The molecule has 0 saturated carbocycles. The fraction of sp³-hybridized carbons (Fsp3) is 0.333. The molecule has 32 heavy (non-hydrogen) atoms. The van der Waals surface area contributed by atoms with Crippen molar-refractivity contribution in [1.82, 2.24) is 15.1 Å². The molecule has 1 N–H and O–H groups in total. The van der Waals surface area contributed by atoms with Crippen LogP contribution >= 0.6 is 0 Å². The Morgan fingerprint density at radius 3 is 2.47 bits per heavy atom. The van der Waals surface area contributed by atoms with Crippen molar-refractivity contribution in [2.45, 2.75) is 19.3 Å². The molecule has 2 aromatic carbocycles. The largest absolute Gasteiger partial charge is 0.497 e. The second-order valence-corrected chi connectivity index (χ2v) is 7.36. The van der Waals surface area contributed by atoms with E-state index in [0.29, 0.717) is 18.1 Å². The van der Waals surface area contributed by atoms with Crippen molar-refractivity contribution >= 4 is 5.91 Å². The van der Waals surface area contributed by atoms with Gasteiger partial charge in [-0.1, -0.05) is 12.1 Å². The topological polar surface area (TPSA) is 85.9 Å². The molecular weight excluding hydrogens is 410 g/mol. The highest BCUT2D eigenvalue weighted by Gasteiger charge is 2.43. The number of ether oxygens (including phenoxy) is 4. The molecule has 2 heterocycles. The zero-order valence-electron chi connectivity index (χ0n) is 18.6. The van der Waals surface area contributed by atoms with Gasteiger partial charge in [0, 0.05) is 25.3 Å². The molecule has 1 aromatic heterocycles. The van der Waals surface area contributed by atoms with E-state index in [1.807, 2.05) is 55.5 Å². The maximum Gasteiger partial charge on any atom is 0.273 e. The summed E-state index contributed by atoms with van der Waals surface area (Å²) in [5, 5.41) is 7.46. The van der Waals surface area contributed by atoms with Crippen molar-refractivity contribution in [3.05, 3.63) is 65.4 Å². The lowest BCUT2D eigenvalue weighted by atomic mass is 9.96. The van der Waals surface area contributed by atoms with E-state index in [0.717, 1.165) is 28.1 Å². The monoisotopic (exact) mass is 437 g/mol. The van der Waals surface area contributed by atoms with Gasteiger partial charge in [0.2, 0.25) is 0 Å². The maximum absolute atomic E-state index is 13.4. The van der Waals surface area contributed by atoms with Crippen molar-refractivity contribution < 1.29 is 23.7 Å². The average Bonchev–Trinajstić information content (AvgIpc) is 3.37. The Morgan fingerprint density at radius 2 is 1.81 bits per heavy atom. The molecule has 1 atom stereocenters. The number of hydrogen-bond donors (Lipinski definition) is 1. The van der Waals surface area contributed by atoms with Gasteiger partial charge in [0.1, 0.15) is 17.2 Å². The van der Waals surface area contributed by atoms with Gasteiger partial charge in [-0.3, -0.25) is 9.89 Å². The number of nitrogens with one attached hydrogen (secondary N) is 1. The van der Waals surface area contributed by atoms with Crippen LogP contribution in [0.4, 0.5) is 0 Å². The average molecular weight is 437 g/mol. The van der Waals surface area contributed by atoms with Crippen LogP contribution in [0.1, 0.15) is 34.6 Å². The third-order valence-corrected chi connectivity index (χ3v) is 5.58. The first-order valence-corrected chi connectivity index (χ1v) is 10.4. The highest BCUT2D eigenvalue weighted by molar-refractivity contribution is 6.00. The van der Waals surface area contributed by atoms with Gasteiger partial charge in [-0.25, -0.2) is 0 Å². The fourth-order valence-corrected chi connectivity index (χ4v) is 4.04. The normalized spacial score (nSPS) is 15.3. The number of nitrogens with zero attached hydrogens (tertiary/aromatic N) is 2. The van der Waals surface area contributed by atoms with Crippen LogP contribution in [0.2, 0.25) is 0 Å². The Kier molecular flexibility index (Phi) is 6.43. The van der Waals surface area contributed by atoms with Gasteiger partial charge in [0.25, 0.3) is 5.91 Å². The van der Waals surface area contributed by atoms with E-state index in [4.69, 9.17) is 18.9 Å². The lowest BCUT2D eigenvalue weighted by Gasteiger charge is -2.29. The van der Waals surface area contributed by atoms with Crippen molar-refractivity contribution in [2.75, 3.05) is 34.5 Å². The molecule has 1 amide bonds. The minimum absolute atomic E-state index is 0.156. The van der Waals surface area contributed by atoms with Crippen molar-refractivity contribution in [2.24, 2.45) is 0 Å². The summed E-state index contributed by atoms with van der Waals surface area (Å²) in [6, 6.07) is 15.0. The molecule has 0 fully saturated rings. The second kappa shape index (κ2) is 9.42. The molecule has 1 aliphatic rings. The number of carbonyl (C=O) groups excluding carboxylic acids is 1. The molecule has 0 radical (unpaired) electrons. The molecule has 0 aliphatic carbocycles. The molecule has 0 spiro atoms. The van der Waals surface area contributed by atoms with E-state index in [9.17, 15) is 4.79 Å². The first kappa shape index (κ1) is 21.9. The number of H-pyrrole nitrogens is 1. The smallest absolute Gasteiger partial charge is 0.273 e. The van der Waals surface area contributed by atoms with E-state index < -0.39 is 6.29 Å². The summed E-state index contributed by atoms with van der Waals surface area (Å²) < 4.78 is 21.8. The van der Waals surface area contributed by atoms with Gasteiger partial charge < -0.3 is 23.8 Å². The predicted molar refractivity (Wildman–Crippen MR) is 119 cm³/mol. The van der Waals surface area contributed by atoms with Crippen molar-refractivity contribution in [1.29, 1.82) is 0 Å². The lowest BCUT2D eigenvalue weighted by molar-refractivity contribution is -0.113.